The van der Waals surface area contributed by atoms with Crippen LogP contribution in [0.2, 0.25) is 0 Å². The molecule has 8 heteroatoms. The minimum atomic E-state index is -0.552. The van der Waals surface area contributed by atoms with E-state index in [0.29, 0.717) is 23.4 Å². The van der Waals surface area contributed by atoms with E-state index in [0.717, 1.165) is 5.57 Å². The van der Waals surface area contributed by atoms with E-state index in [-0.39, 0.29) is 31.3 Å². The van der Waals surface area contributed by atoms with Gasteiger partial charge in [0.15, 0.2) is 0 Å². The van der Waals surface area contributed by atoms with Gasteiger partial charge in [0.25, 0.3) is 0 Å². The molecule has 1 aromatic rings. The van der Waals surface area contributed by atoms with Gasteiger partial charge in [-0.25, -0.2) is 0 Å². The van der Waals surface area contributed by atoms with Crippen molar-refractivity contribution < 1.29 is 19.8 Å². The molecule has 0 fully saturated rings. The number of likely N-dealkylation sites (N-methyl/N-ethyl adjacent to an activating group) is 1. The molecule has 4 N–H and O–H groups in total. The van der Waals surface area contributed by atoms with Crippen LogP contribution in [0.25, 0.3) is 0 Å². The Morgan fingerprint density at radius 3 is 2.60 bits per heavy atom. The van der Waals surface area contributed by atoms with Crippen LogP contribution in [0.3, 0.4) is 0 Å². The Morgan fingerprint density at radius 2 is 2.07 bits per heavy atom. The number of aliphatic hydroxyl groups excluding tert-OH is 2. The lowest BCUT2D eigenvalue weighted by molar-refractivity contribution is -0.0876. The van der Waals surface area contributed by atoms with Crippen molar-refractivity contribution in [1.29, 1.82) is 10.7 Å². The number of benzene rings is 1. The monoisotopic (exact) mass is 416 g/mol. The van der Waals surface area contributed by atoms with Crippen molar-refractivity contribution in [2.24, 2.45) is 0 Å². The predicted molar refractivity (Wildman–Crippen MR) is 116 cm³/mol. The summed E-state index contributed by atoms with van der Waals surface area (Å²) in [6.07, 6.45) is 3.30. The summed E-state index contributed by atoms with van der Waals surface area (Å²) in [5.74, 6) is 0.281. The zero-order chi connectivity index (χ0) is 22.7. The lowest BCUT2D eigenvalue weighted by Gasteiger charge is -2.31. The Kier molecular flexibility index (Phi) is 10.8. The molecule has 8 nitrogen and oxygen atoms in total. The highest BCUT2D eigenvalue weighted by atomic mass is 16.7. The molecule has 2 unspecified atom stereocenters. The predicted octanol–water partition coefficient (Wildman–Crippen LogP) is 1.98. The number of rotatable bonds is 12. The maximum atomic E-state index is 9.95. The van der Waals surface area contributed by atoms with Crippen molar-refractivity contribution >= 4 is 5.90 Å². The third-order valence-electron chi connectivity index (χ3n) is 4.33. The number of nitrogens with one attached hydrogen (secondary N) is 2. The molecule has 0 aliphatic carbocycles. The molecule has 0 heterocycles. The van der Waals surface area contributed by atoms with E-state index in [9.17, 15) is 10.4 Å². The summed E-state index contributed by atoms with van der Waals surface area (Å²) in [5.41, 5.74) is 1.51. The molecule has 30 heavy (non-hydrogen) atoms. The van der Waals surface area contributed by atoms with Gasteiger partial charge in [0.1, 0.15) is 11.8 Å². The second-order valence-electron chi connectivity index (χ2n) is 6.96. The third kappa shape index (κ3) is 7.28. The van der Waals surface area contributed by atoms with Crippen molar-refractivity contribution in [1.82, 2.24) is 10.4 Å². The second kappa shape index (κ2) is 12.8. The number of nitrogens with zero attached hydrogens (tertiary/aromatic N) is 2. The summed E-state index contributed by atoms with van der Waals surface area (Å²) in [4.78, 5) is 5.65. The summed E-state index contributed by atoms with van der Waals surface area (Å²) >= 11 is 0. The fourth-order valence-corrected chi connectivity index (χ4v) is 2.88. The van der Waals surface area contributed by atoms with E-state index in [1.54, 1.807) is 31.3 Å². The SMILES string of the molecule is C=C/C=C(/C(C)NCCO)C(CO)N(C)OC(=N)c1ccc(OC(C)C)c(C#N)c1. The van der Waals surface area contributed by atoms with Crippen molar-refractivity contribution in [2.75, 3.05) is 26.8 Å². The fraction of sp³-hybridized carbons (Fsp3) is 0.455. The molecule has 0 spiro atoms. The van der Waals surface area contributed by atoms with Gasteiger partial charge in [0, 0.05) is 25.2 Å². The van der Waals surface area contributed by atoms with Crippen LogP contribution in [0.4, 0.5) is 0 Å². The van der Waals surface area contributed by atoms with Gasteiger partial charge in [0.2, 0.25) is 5.90 Å². The average Bonchev–Trinajstić information content (AvgIpc) is 2.71. The zero-order valence-electron chi connectivity index (χ0n) is 18.1. The molecule has 164 valence electrons. The van der Waals surface area contributed by atoms with E-state index < -0.39 is 6.04 Å². The topological polar surface area (TPSA) is 122 Å². The van der Waals surface area contributed by atoms with E-state index in [2.05, 4.69) is 18.0 Å². The maximum absolute atomic E-state index is 9.95. The molecule has 0 saturated carbocycles. The normalized spacial score (nSPS) is 13.6. The molecule has 0 aliphatic heterocycles. The summed E-state index contributed by atoms with van der Waals surface area (Å²) in [6, 6.07) is 6.18. The van der Waals surface area contributed by atoms with Gasteiger partial charge in [-0.05, 0) is 44.5 Å². The molecular formula is C22H32N4O4. The first-order valence-electron chi connectivity index (χ1n) is 9.77. The van der Waals surface area contributed by atoms with E-state index in [1.807, 2.05) is 20.8 Å². The van der Waals surface area contributed by atoms with Crippen molar-refractivity contribution in [2.45, 2.75) is 39.0 Å². The Balaban J connectivity index is 3.01. The smallest absolute Gasteiger partial charge is 0.238 e. The van der Waals surface area contributed by atoms with Crippen LogP contribution < -0.4 is 10.1 Å². The first-order valence-corrected chi connectivity index (χ1v) is 9.77. The molecular weight excluding hydrogens is 384 g/mol. The number of aliphatic hydroxyl groups is 2. The Bertz CT molecular complexity index is 786. The minimum absolute atomic E-state index is 0.00969. The lowest BCUT2D eigenvalue weighted by atomic mass is 10.00. The Hall–Kier alpha value is -2.70. The van der Waals surface area contributed by atoms with Crippen LogP contribution >= 0.6 is 0 Å². The summed E-state index contributed by atoms with van der Waals surface area (Å²) < 4.78 is 5.61. The summed E-state index contributed by atoms with van der Waals surface area (Å²) in [7, 11) is 1.62. The maximum Gasteiger partial charge on any atom is 0.238 e. The molecule has 1 aromatic carbocycles. The number of hydrogen-bond acceptors (Lipinski definition) is 8. The van der Waals surface area contributed by atoms with Crippen molar-refractivity contribution in [3.8, 4) is 11.8 Å². The van der Waals surface area contributed by atoms with Gasteiger partial charge in [0.05, 0.1) is 30.9 Å². The minimum Gasteiger partial charge on any atom is -0.490 e. The van der Waals surface area contributed by atoms with Crippen LogP contribution in [0, 0.1) is 16.7 Å². The number of hydroxylamine groups is 2. The first-order chi connectivity index (χ1) is 14.3. The Morgan fingerprint density at radius 1 is 1.37 bits per heavy atom. The van der Waals surface area contributed by atoms with Gasteiger partial charge in [-0.15, -0.1) is 5.06 Å². The molecule has 0 aliphatic rings. The van der Waals surface area contributed by atoms with Gasteiger partial charge < -0.3 is 25.1 Å². The largest absolute Gasteiger partial charge is 0.490 e. The number of ether oxygens (including phenoxy) is 1. The molecule has 0 aromatic heterocycles. The molecule has 0 radical (unpaired) electrons. The van der Waals surface area contributed by atoms with Crippen LogP contribution in [-0.4, -0.2) is 66.2 Å². The zero-order valence-corrected chi connectivity index (χ0v) is 18.1. The standard InChI is InChI=1S/C22H32N4O4/c1-6-7-19(16(4)25-10-11-27)20(14-28)26(5)30-22(24)17-8-9-21(29-15(2)3)18(12-17)13-23/h6-9,12,15-16,20,24-25,27-28H,1,10-11,14H2,2-5H3/b19-7-,24-22?. The molecule has 1 rings (SSSR count). The summed E-state index contributed by atoms with van der Waals surface area (Å²) in [5, 5.41) is 41.2. The molecule has 0 saturated heterocycles. The number of nitriles is 1. The Labute approximate surface area is 178 Å². The molecule has 0 amide bonds. The van der Waals surface area contributed by atoms with Crippen molar-refractivity contribution in [3.05, 3.63) is 53.6 Å². The van der Waals surface area contributed by atoms with Crippen LogP contribution in [0.1, 0.15) is 31.9 Å². The fourth-order valence-electron chi connectivity index (χ4n) is 2.88. The highest BCUT2D eigenvalue weighted by molar-refractivity contribution is 5.92. The number of hydrogen-bond donors (Lipinski definition) is 4. The van der Waals surface area contributed by atoms with Gasteiger partial charge in [-0.1, -0.05) is 18.7 Å². The third-order valence-corrected chi connectivity index (χ3v) is 4.33. The second-order valence-corrected chi connectivity index (χ2v) is 6.96. The van der Waals surface area contributed by atoms with E-state index in [4.69, 9.17) is 20.1 Å². The number of allylic oxidation sites excluding steroid dienone is 2. The molecule has 2 atom stereocenters. The van der Waals surface area contributed by atoms with Crippen LogP contribution in [-0.2, 0) is 4.84 Å². The first kappa shape index (κ1) is 25.3. The lowest BCUT2D eigenvalue weighted by Crippen LogP contribution is -2.44. The van der Waals surface area contributed by atoms with Gasteiger partial charge >= 0.3 is 0 Å². The quantitative estimate of drug-likeness (QED) is 0.178. The van der Waals surface area contributed by atoms with Crippen molar-refractivity contribution in [3.63, 3.8) is 0 Å². The van der Waals surface area contributed by atoms with Gasteiger partial charge in [-0.3, -0.25) is 5.41 Å². The van der Waals surface area contributed by atoms with Crippen LogP contribution in [0.15, 0.2) is 42.5 Å². The van der Waals surface area contributed by atoms with Crippen LogP contribution in [0.5, 0.6) is 5.75 Å². The highest BCUT2D eigenvalue weighted by Gasteiger charge is 2.25. The summed E-state index contributed by atoms with van der Waals surface area (Å²) in [6.45, 7) is 9.50. The highest BCUT2D eigenvalue weighted by Crippen LogP contribution is 2.22. The molecule has 0 bridgehead atoms. The van der Waals surface area contributed by atoms with E-state index >= 15 is 0 Å². The van der Waals surface area contributed by atoms with E-state index in [1.165, 1.54) is 11.1 Å². The average molecular weight is 417 g/mol. The van der Waals surface area contributed by atoms with Gasteiger partial charge in [-0.2, -0.15) is 5.26 Å².